The molecule has 3 aromatic rings. The fourth-order valence-corrected chi connectivity index (χ4v) is 4.80. The molecule has 0 spiro atoms. The van der Waals surface area contributed by atoms with Gasteiger partial charge in [0, 0.05) is 23.1 Å². The second-order valence-corrected chi connectivity index (χ2v) is 8.92. The van der Waals surface area contributed by atoms with Gasteiger partial charge in [-0.25, -0.2) is 0 Å². The third-order valence-electron chi connectivity index (χ3n) is 6.02. The van der Waals surface area contributed by atoms with E-state index in [0.29, 0.717) is 0 Å². The lowest BCUT2D eigenvalue weighted by Crippen LogP contribution is -2.36. The highest BCUT2D eigenvalue weighted by Crippen LogP contribution is 2.40. The lowest BCUT2D eigenvalue weighted by Gasteiger charge is -2.39. The molecule has 154 valence electrons. The third kappa shape index (κ3) is 4.12. The number of fused-ring (bicyclic) bond motifs is 1. The van der Waals surface area contributed by atoms with Crippen molar-refractivity contribution in [3.05, 3.63) is 94.0 Å². The van der Waals surface area contributed by atoms with Crippen LogP contribution in [0.5, 0.6) is 5.75 Å². The van der Waals surface area contributed by atoms with Crippen LogP contribution in [0.15, 0.2) is 77.3 Å². The van der Waals surface area contributed by atoms with Crippen LogP contribution in [0, 0.1) is 0 Å². The van der Waals surface area contributed by atoms with Crippen LogP contribution < -0.4 is 9.64 Å². The van der Waals surface area contributed by atoms with Crippen molar-refractivity contribution >= 4 is 21.6 Å². The zero-order valence-electron chi connectivity index (χ0n) is 17.0. The van der Waals surface area contributed by atoms with Crippen molar-refractivity contribution in [2.75, 3.05) is 18.1 Å². The summed E-state index contributed by atoms with van der Waals surface area (Å²) in [6.07, 6.45) is 4.17. The first-order chi connectivity index (χ1) is 14.8. The molecule has 4 heteroatoms. The molecule has 5 rings (SSSR count). The van der Waals surface area contributed by atoms with E-state index < -0.39 is 0 Å². The Morgan fingerprint density at radius 1 is 0.933 bits per heavy atom. The van der Waals surface area contributed by atoms with Gasteiger partial charge in [0.1, 0.15) is 5.75 Å². The van der Waals surface area contributed by atoms with Gasteiger partial charge >= 0.3 is 0 Å². The van der Waals surface area contributed by atoms with E-state index in [1.54, 1.807) is 0 Å². The maximum absolute atomic E-state index is 6.15. The molecule has 0 aliphatic carbocycles. The van der Waals surface area contributed by atoms with Crippen molar-refractivity contribution in [2.45, 2.75) is 38.0 Å². The predicted octanol–water partition coefficient (Wildman–Crippen LogP) is 6.51. The van der Waals surface area contributed by atoms with E-state index in [-0.39, 0.29) is 12.3 Å². The lowest BCUT2D eigenvalue weighted by atomic mass is 9.87. The number of hydrogen-bond acceptors (Lipinski definition) is 3. The molecule has 2 heterocycles. The van der Waals surface area contributed by atoms with E-state index in [1.165, 1.54) is 28.8 Å². The summed E-state index contributed by atoms with van der Waals surface area (Å²) in [6.45, 7) is 1.77. The average molecular weight is 464 g/mol. The Kier molecular flexibility index (Phi) is 5.78. The Morgan fingerprint density at radius 3 is 2.53 bits per heavy atom. The highest BCUT2D eigenvalue weighted by atomic mass is 79.9. The van der Waals surface area contributed by atoms with Gasteiger partial charge < -0.3 is 14.4 Å². The fraction of sp³-hybridized carbons (Fsp3) is 0.308. The monoisotopic (exact) mass is 463 g/mol. The van der Waals surface area contributed by atoms with Crippen molar-refractivity contribution in [1.82, 2.24) is 0 Å². The molecule has 0 radical (unpaired) electrons. The summed E-state index contributed by atoms with van der Waals surface area (Å²) in [5, 5.41) is 0. The maximum Gasteiger partial charge on any atom is 0.199 e. The van der Waals surface area contributed by atoms with Gasteiger partial charge in [-0.3, -0.25) is 0 Å². The summed E-state index contributed by atoms with van der Waals surface area (Å²) in [5.74, 6) is 0.920. The van der Waals surface area contributed by atoms with Gasteiger partial charge in [0.25, 0.3) is 0 Å². The Balaban J connectivity index is 1.50. The summed E-state index contributed by atoms with van der Waals surface area (Å²) in [6, 6.07) is 26.2. The van der Waals surface area contributed by atoms with Crippen LogP contribution in [-0.2, 0) is 11.2 Å². The summed E-state index contributed by atoms with van der Waals surface area (Å²) in [4.78, 5) is 2.51. The average Bonchev–Trinajstić information content (AvgIpc) is 2.80. The van der Waals surface area contributed by atoms with E-state index in [9.17, 15) is 0 Å². The Bertz CT molecular complexity index is 984. The number of halogens is 1. The molecule has 3 nitrogen and oxygen atoms in total. The third-order valence-corrected chi connectivity index (χ3v) is 6.55. The van der Waals surface area contributed by atoms with Gasteiger partial charge in [-0.05, 0) is 72.4 Å². The van der Waals surface area contributed by atoms with Gasteiger partial charge in [-0.2, -0.15) is 0 Å². The summed E-state index contributed by atoms with van der Waals surface area (Å²) in [5.41, 5.74) is 5.27. The molecule has 0 N–H and O–H groups in total. The standard InChI is InChI=1S/C26H26BrNO2/c27-21-11-9-19(10-12-21)26-24-14-13-23(30-25-8-4-5-17-29-25)18-20(24)15-16-28(26)22-6-2-1-3-7-22/h1-3,6-7,9-14,18,25-26H,4-5,8,15-17H2. The fourth-order valence-electron chi connectivity index (χ4n) is 4.53. The minimum atomic E-state index is -0.108. The molecular weight excluding hydrogens is 438 g/mol. The van der Waals surface area contributed by atoms with Crippen LogP contribution in [0.4, 0.5) is 5.69 Å². The summed E-state index contributed by atoms with van der Waals surface area (Å²) in [7, 11) is 0. The smallest absolute Gasteiger partial charge is 0.199 e. The molecule has 0 bridgehead atoms. The molecule has 1 saturated heterocycles. The van der Waals surface area contributed by atoms with E-state index >= 15 is 0 Å². The lowest BCUT2D eigenvalue weighted by molar-refractivity contribution is -0.105. The van der Waals surface area contributed by atoms with Gasteiger partial charge in [0.15, 0.2) is 6.29 Å². The second-order valence-electron chi connectivity index (χ2n) is 8.01. The number of nitrogens with zero attached hydrogens (tertiary/aromatic N) is 1. The Hall–Kier alpha value is -2.30. The minimum absolute atomic E-state index is 0.108. The molecule has 2 aliphatic rings. The van der Waals surface area contributed by atoms with Crippen molar-refractivity contribution in [2.24, 2.45) is 0 Å². The van der Waals surface area contributed by atoms with Crippen LogP contribution in [-0.4, -0.2) is 19.4 Å². The second kappa shape index (κ2) is 8.83. The van der Waals surface area contributed by atoms with E-state index in [0.717, 1.165) is 42.6 Å². The first kappa shape index (κ1) is 19.7. The van der Waals surface area contributed by atoms with Crippen LogP contribution in [0.1, 0.15) is 42.0 Å². The normalized spacial score (nSPS) is 21.2. The number of rotatable bonds is 4. The van der Waals surface area contributed by atoms with Gasteiger partial charge in [0.05, 0.1) is 12.6 Å². The first-order valence-electron chi connectivity index (χ1n) is 10.8. The van der Waals surface area contributed by atoms with Crippen molar-refractivity contribution < 1.29 is 9.47 Å². The summed E-state index contributed by atoms with van der Waals surface area (Å²) >= 11 is 3.58. The van der Waals surface area contributed by atoms with Crippen LogP contribution in [0.25, 0.3) is 0 Å². The highest BCUT2D eigenvalue weighted by Gasteiger charge is 2.29. The molecular formula is C26H26BrNO2. The largest absolute Gasteiger partial charge is 0.465 e. The quantitative estimate of drug-likeness (QED) is 0.440. The predicted molar refractivity (Wildman–Crippen MR) is 124 cm³/mol. The number of hydrogen-bond donors (Lipinski definition) is 0. The summed E-state index contributed by atoms with van der Waals surface area (Å²) < 4.78 is 13.0. The van der Waals surface area contributed by atoms with Gasteiger partial charge in [-0.15, -0.1) is 0 Å². The van der Waals surface area contributed by atoms with E-state index in [2.05, 4.69) is 93.6 Å². The Labute approximate surface area is 186 Å². The SMILES string of the molecule is Brc1ccc(C2c3ccc(OC4CCCCO4)cc3CCN2c2ccccc2)cc1. The molecule has 2 unspecified atom stereocenters. The number of benzene rings is 3. The highest BCUT2D eigenvalue weighted by molar-refractivity contribution is 9.10. The van der Waals surface area contributed by atoms with Crippen LogP contribution >= 0.6 is 15.9 Å². The number of para-hydroxylation sites is 1. The Morgan fingerprint density at radius 2 is 1.77 bits per heavy atom. The molecule has 0 aromatic heterocycles. The minimum Gasteiger partial charge on any atom is -0.465 e. The van der Waals surface area contributed by atoms with Crippen molar-refractivity contribution in [3.8, 4) is 5.75 Å². The molecule has 1 fully saturated rings. The van der Waals surface area contributed by atoms with Gasteiger partial charge in [-0.1, -0.05) is 52.3 Å². The topological polar surface area (TPSA) is 21.7 Å². The van der Waals surface area contributed by atoms with E-state index in [1.807, 2.05) is 0 Å². The van der Waals surface area contributed by atoms with Gasteiger partial charge in [0.2, 0.25) is 0 Å². The van der Waals surface area contributed by atoms with E-state index in [4.69, 9.17) is 9.47 Å². The molecule has 2 atom stereocenters. The molecule has 0 saturated carbocycles. The van der Waals surface area contributed by atoms with Crippen molar-refractivity contribution in [3.63, 3.8) is 0 Å². The van der Waals surface area contributed by atoms with Crippen LogP contribution in [0.2, 0.25) is 0 Å². The zero-order chi connectivity index (χ0) is 20.3. The number of anilines is 1. The number of ether oxygens (including phenoxy) is 2. The molecule has 2 aliphatic heterocycles. The van der Waals surface area contributed by atoms with Crippen LogP contribution in [0.3, 0.4) is 0 Å². The molecule has 0 amide bonds. The zero-order valence-corrected chi connectivity index (χ0v) is 18.6. The first-order valence-corrected chi connectivity index (χ1v) is 11.6. The molecule has 30 heavy (non-hydrogen) atoms. The maximum atomic E-state index is 6.15. The molecule has 3 aromatic carbocycles. The van der Waals surface area contributed by atoms with Crippen molar-refractivity contribution in [1.29, 1.82) is 0 Å².